The lowest BCUT2D eigenvalue weighted by Gasteiger charge is -2.40. The molecule has 1 aromatic heterocycles. The standard InChI is InChI=1S/C39H38O22/c40-17-4-1-15(2-5-17)3-6-28(46)55-13-25-31(49)34(52)36(54)39(61-25)59-24-11-19-22(57-37(24)16-7-20(42)30(48)21(43)8-16)9-18(41)10-23(19)58-38-35(53)33(51)32(50)26(60-38)14-56-29(47)12-27(44)45/h1-11,25-26,31-36,38-39,49-54H,12-14H2,(H5-,40,41,42,43,44,45,46,48)/p+1. The van der Waals surface area contributed by atoms with E-state index < -0.39 is 133 Å². The second-order valence-electron chi connectivity index (χ2n) is 13.7. The topological polar surface area (TPSA) is 361 Å². The van der Waals surface area contributed by atoms with Crippen LogP contribution in [-0.4, -0.2) is 154 Å². The zero-order valence-electron chi connectivity index (χ0n) is 31.2. The van der Waals surface area contributed by atoms with Crippen molar-refractivity contribution in [3.63, 3.8) is 0 Å². The third-order valence-corrected chi connectivity index (χ3v) is 9.35. The SMILES string of the molecule is O=C(O)CC(=O)OCC1OC(Oc2cc(O)cc3[o+]c(-c4cc(O)c(O)c(O)c4)c(OC4OC(COC(=O)C=Cc5ccc(O)cc5)C(O)C(O)C4O)cc23)C(O)C(O)C1O. The molecule has 0 spiro atoms. The zero-order chi connectivity index (χ0) is 44.3. The molecule has 3 heterocycles. The van der Waals surface area contributed by atoms with E-state index in [4.69, 9.17) is 37.9 Å². The van der Waals surface area contributed by atoms with Crippen LogP contribution >= 0.6 is 0 Å². The van der Waals surface area contributed by atoms with Gasteiger partial charge in [-0.2, -0.15) is 0 Å². The van der Waals surface area contributed by atoms with E-state index in [9.17, 15) is 70.6 Å². The number of ether oxygens (including phenoxy) is 6. The largest absolute Gasteiger partial charge is 0.508 e. The molecule has 0 aliphatic carbocycles. The maximum atomic E-state index is 12.5. The lowest BCUT2D eigenvalue weighted by atomic mass is 9.99. The number of aliphatic carboxylic acids is 1. The molecular formula is C39H39O22+. The first-order valence-electron chi connectivity index (χ1n) is 18.0. The fraction of sp³-hybridized carbons (Fsp3) is 0.333. The Hall–Kier alpha value is -6.50. The third kappa shape index (κ3) is 10.1. The van der Waals surface area contributed by atoms with Crippen LogP contribution in [0.15, 0.2) is 65.1 Å². The van der Waals surface area contributed by atoms with E-state index in [2.05, 4.69) is 0 Å². The van der Waals surface area contributed by atoms with Gasteiger partial charge in [0.1, 0.15) is 91.1 Å². The number of carbonyl (C=O) groups excluding carboxylic acids is 2. The number of esters is 2. The molecule has 2 aliphatic rings. The number of rotatable bonds is 13. The number of hydrogen-bond acceptors (Lipinski definition) is 20. The van der Waals surface area contributed by atoms with E-state index in [1.54, 1.807) is 0 Å². The summed E-state index contributed by atoms with van der Waals surface area (Å²) in [6, 6.07) is 10.9. The fourth-order valence-corrected chi connectivity index (χ4v) is 6.16. The van der Waals surface area contributed by atoms with Crippen molar-refractivity contribution in [3.8, 4) is 51.6 Å². The number of benzene rings is 3. The molecule has 326 valence electrons. The van der Waals surface area contributed by atoms with Crippen molar-refractivity contribution in [1.29, 1.82) is 0 Å². The Morgan fingerprint density at radius 2 is 1.21 bits per heavy atom. The molecule has 12 N–H and O–H groups in total. The summed E-state index contributed by atoms with van der Waals surface area (Å²) in [7, 11) is 0. The molecule has 0 bridgehead atoms. The predicted octanol–water partition coefficient (Wildman–Crippen LogP) is -0.444. The van der Waals surface area contributed by atoms with Gasteiger partial charge in [0, 0.05) is 30.3 Å². The number of aliphatic hydroxyl groups excluding tert-OH is 6. The molecule has 10 unspecified atom stereocenters. The van der Waals surface area contributed by atoms with Gasteiger partial charge in [-0.3, -0.25) is 9.59 Å². The Labute approximate surface area is 342 Å². The van der Waals surface area contributed by atoms with Gasteiger partial charge in [-0.05, 0) is 23.8 Å². The minimum absolute atomic E-state index is 0.00234. The van der Waals surface area contributed by atoms with Crippen molar-refractivity contribution >= 4 is 35.0 Å². The van der Waals surface area contributed by atoms with Crippen LogP contribution in [0, 0.1) is 0 Å². The summed E-state index contributed by atoms with van der Waals surface area (Å²) >= 11 is 0. The number of phenols is 5. The van der Waals surface area contributed by atoms with E-state index >= 15 is 0 Å². The van der Waals surface area contributed by atoms with Gasteiger partial charge in [0.25, 0.3) is 0 Å². The number of carboxylic acids is 1. The molecule has 61 heavy (non-hydrogen) atoms. The van der Waals surface area contributed by atoms with Gasteiger partial charge >= 0.3 is 29.3 Å². The van der Waals surface area contributed by atoms with E-state index in [0.717, 1.165) is 36.4 Å². The summed E-state index contributed by atoms with van der Waals surface area (Å²) in [5, 5.41) is 124. The number of carboxylic acid groups (broad SMARTS) is 1. The summed E-state index contributed by atoms with van der Waals surface area (Å²) < 4.78 is 39.1. The molecule has 0 saturated carbocycles. The average Bonchev–Trinajstić information content (AvgIpc) is 3.21. The first-order valence-corrected chi connectivity index (χ1v) is 18.0. The first kappa shape index (κ1) is 44.1. The van der Waals surface area contributed by atoms with Crippen LogP contribution in [0.4, 0.5) is 0 Å². The molecule has 22 nitrogen and oxygen atoms in total. The number of carbonyl (C=O) groups is 3. The number of phenolic OH excluding ortho intramolecular Hbond substituents is 5. The van der Waals surface area contributed by atoms with Crippen LogP contribution < -0.4 is 9.47 Å². The highest BCUT2D eigenvalue weighted by Gasteiger charge is 2.48. The number of hydrogen-bond donors (Lipinski definition) is 12. The van der Waals surface area contributed by atoms with Crippen LogP contribution in [0.5, 0.6) is 40.2 Å². The molecule has 2 aliphatic heterocycles. The van der Waals surface area contributed by atoms with Gasteiger partial charge in [0.05, 0.1) is 11.6 Å². The van der Waals surface area contributed by atoms with Crippen molar-refractivity contribution in [1.82, 2.24) is 0 Å². The third-order valence-electron chi connectivity index (χ3n) is 9.35. The summed E-state index contributed by atoms with van der Waals surface area (Å²) in [5.74, 6) is -7.96. The summed E-state index contributed by atoms with van der Waals surface area (Å²) in [6.07, 6.45) is -17.2. The molecule has 0 amide bonds. The molecule has 2 saturated heterocycles. The van der Waals surface area contributed by atoms with E-state index in [-0.39, 0.29) is 28.0 Å². The molecular weight excluding hydrogens is 820 g/mol. The second-order valence-corrected chi connectivity index (χ2v) is 13.7. The molecule has 3 aromatic carbocycles. The van der Waals surface area contributed by atoms with E-state index in [1.807, 2.05) is 0 Å². The minimum atomic E-state index is -2.02. The van der Waals surface area contributed by atoms with Crippen molar-refractivity contribution in [2.75, 3.05) is 13.2 Å². The van der Waals surface area contributed by atoms with Crippen LogP contribution in [0.25, 0.3) is 28.4 Å². The van der Waals surface area contributed by atoms with Crippen LogP contribution in [-0.2, 0) is 33.3 Å². The van der Waals surface area contributed by atoms with Gasteiger partial charge in [0.15, 0.2) is 17.2 Å². The highest BCUT2D eigenvalue weighted by atomic mass is 16.7. The summed E-state index contributed by atoms with van der Waals surface area (Å²) in [6.45, 7) is -1.47. The van der Waals surface area contributed by atoms with Crippen molar-refractivity contribution in [3.05, 3.63) is 66.2 Å². The Kier molecular flexibility index (Phi) is 13.3. The smallest absolute Gasteiger partial charge is 0.402 e. The van der Waals surface area contributed by atoms with Gasteiger partial charge in [-0.25, -0.2) is 9.21 Å². The van der Waals surface area contributed by atoms with E-state index in [0.29, 0.717) is 5.56 Å². The molecule has 6 rings (SSSR count). The van der Waals surface area contributed by atoms with Gasteiger partial charge in [-0.1, -0.05) is 12.1 Å². The monoisotopic (exact) mass is 859 g/mol. The number of aromatic hydroxyl groups is 5. The Bertz CT molecular complexity index is 2250. The number of fused-ring (bicyclic) bond motifs is 1. The molecule has 10 atom stereocenters. The second kappa shape index (κ2) is 18.4. The molecule has 2 fully saturated rings. The van der Waals surface area contributed by atoms with Crippen LogP contribution in [0.1, 0.15) is 12.0 Å². The maximum Gasteiger partial charge on any atom is 0.402 e. The lowest BCUT2D eigenvalue weighted by Crippen LogP contribution is -2.60. The Morgan fingerprint density at radius 3 is 1.79 bits per heavy atom. The van der Waals surface area contributed by atoms with Crippen molar-refractivity contribution in [2.24, 2.45) is 0 Å². The van der Waals surface area contributed by atoms with Crippen molar-refractivity contribution < 1.29 is 109 Å². The predicted molar refractivity (Wildman–Crippen MR) is 199 cm³/mol. The highest BCUT2D eigenvalue weighted by Crippen LogP contribution is 2.45. The summed E-state index contributed by atoms with van der Waals surface area (Å²) in [4.78, 5) is 35.2. The molecule has 0 radical (unpaired) electrons. The number of aliphatic hydroxyl groups is 6. The zero-order valence-corrected chi connectivity index (χ0v) is 31.2. The first-order chi connectivity index (χ1) is 28.9. The van der Waals surface area contributed by atoms with Crippen LogP contribution in [0.3, 0.4) is 0 Å². The minimum Gasteiger partial charge on any atom is -0.508 e. The average molecular weight is 860 g/mol. The van der Waals surface area contributed by atoms with Crippen LogP contribution in [0.2, 0.25) is 0 Å². The Morgan fingerprint density at radius 1 is 0.656 bits per heavy atom. The van der Waals surface area contributed by atoms with Gasteiger partial charge in [0.2, 0.25) is 18.3 Å². The maximum absolute atomic E-state index is 12.5. The van der Waals surface area contributed by atoms with E-state index in [1.165, 1.54) is 30.3 Å². The normalized spacial score (nSPS) is 26.5. The fourth-order valence-electron chi connectivity index (χ4n) is 6.16. The summed E-state index contributed by atoms with van der Waals surface area (Å²) in [5.41, 5.74) is 0.0857. The van der Waals surface area contributed by atoms with Gasteiger partial charge in [-0.15, -0.1) is 0 Å². The van der Waals surface area contributed by atoms with Gasteiger partial charge < -0.3 is 89.7 Å². The molecule has 4 aromatic rings. The molecule has 22 heteroatoms. The lowest BCUT2D eigenvalue weighted by molar-refractivity contribution is -0.278. The highest BCUT2D eigenvalue weighted by molar-refractivity contribution is 5.90. The quantitative estimate of drug-likeness (QED) is 0.0266. The van der Waals surface area contributed by atoms with Crippen molar-refractivity contribution in [2.45, 2.75) is 67.8 Å². The Balaban J connectivity index is 1.31.